The average molecular weight is 371 g/mol. The fourth-order valence-corrected chi connectivity index (χ4v) is 2.18. The summed E-state index contributed by atoms with van der Waals surface area (Å²) < 4.78 is 15.9. The topological polar surface area (TPSA) is 73.9 Å². The van der Waals surface area contributed by atoms with Gasteiger partial charge >= 0.3 is 5.97 Å². The van der Waals surface area contributed by atoms with Crippen LogP contribution in [0.1, 0.15) is 31.1 Å². The number of nitrogens with one attached hydrogen (secondary N) is 1. The van der Waals surface area contributed by atoms with E-state index in [4.69, 9.17) is 14.2 Å². The Morgan fingerprint density at radius 1 is 1.00 bits per heavy atom. The van der Waals surface area contributed by atoms with Crippen LogP contribution in [0.2, 0.25) is 0 Å². The maximum absolute atomic E-state index is 12.2. The molecule has 0 aliphatic heterocycles. The molecular weight excluding hydrogens is 346 g/mol. The normalized spacial score (nSPS) is 11.6. The molecule has 27 heavy (non-hydrogen) atoms. The Balaban J connectivity index is 1.90. The fraction of sp³-hybridized carbons (Fsp3) is 0.333. The summed E-state index contributed by atoms with van der Waals surface area (Å²) in [5.74, 6) is 0.729. The predicted octanol–water partition coefficient (Wildman–Crippen LogP) is 3.91. The minimum Gasteiger partial charge on any atom is -0.497 e. The first-order valence-electron chi connectivity index (χ1n) is 8.77. The standard InChI is InChI=1S/C21H25NO5/c1-14(2)13-26-18-10-8-16(9-11-18)21(24)27-15(3)20(23)22-17-6-5-7-19(12-17)25-4/h5-12,14-15H,13H2,1-4H3,(H,22,23)/t15-/m1/s1. The van der Waals surface area contributed by atoms with Crippen molar-refractivity contribution in [3.63, 3.8) is 0 Å². The molecule has 0 heterocycles. The van der Waals surface area contributed by atoms with Gasteiger partial charge in [-0.3, -0.25) is 4.79 Å². The fourth-order valence-electron chi connectivity index (χ4n) is 2.18. The summed E-state index contributed by atoms with van der Waals surface area (Å²) in [6, 6.07) is 13.6. The van der Waals surface area contributed by atoms with Crippen LogP contribution in [0.15, 0.2) is 48.5 Å². The van der Waals surface area contributed by atoms with Gasteiger partial charge in [-0.25, -0.2) is 4.79 Å². The maximum atomic E-state index is 12.2. The molecule has 0 spiro atoms. The number of hydrogen-bond acceptors (Lipinski definition) is 5. The van der Waals surface area contributed by atoms with Gasteiger partial charge in [-0.2, -0.15) is 0 Å². The quantitative estimate of drug-likeness (QED) is 0.712. The zero-order valence-electron chi connectivity index (χ0n) is 16.0. The number of anilines is 1. The van der Waals surface area contributed by atoms with Crippen LogP contribution in [0.4, 0.5) is 5.69 Å². The van der Waals surface area contributed by atoms with Crippen molar-refractivity contribution in [3.8, 4) is 11.5 Å². The summed E-state index contributed by atoms with van der Waals surface area (Å²) in [5.41, 5.74) is 0.918. The largest absolute Gasteiger partial charge is 0.497 e. The van der Waals surface area contributed by atoms with E-state index in [1.54, 1.807) is 55.6 Å². The Morgan fingerprint density at radius 3 is 2.33 bits per heavy atom. The second kappa shape index (κ2) is 9.62. The number of benzene rings is 2. The maximum Gasteiger partial charge on any atom is 0.338 e. The molecule has 0 bridgehead atoms. The number of amides is 1. The Morgan fingerprint density at radius 2 is 1.70 bits per heavy atom. The van der Waals surface area contributed by atoms with Gasteiger partial charge in [-0.15, -0.1) is 0 Å². The van der Waals surface area contributed by atoms with Crippen molar-refractivity contribution in [1.82, 2.24) is 0 Å². The minimum atomic E-state index is -0.944. The minimum absolute atomic E-state index is 0.355. The van der Waals surface area contributed by atoms with Crippen molar-refractivity contribution < 1.29 is 23.8 Å². The van der Waals surface area contributed by atoms with E-state index in [1.807, 2.05) is 0 Å². The van der Waals surface area contributed by atoms with E-state index >= 15 is 0 Å². The first-order valence-corrected chi connectivity index (χ1v) is 8.77. The molecule has 6 nitrogen and oxygen atoms in total. The van der Waals surface area contributed by atoms with Crippen molar-refractivity contribution >= 4 is 17.6 Å². The summed E-state index contributed by atoms with van der Waals surface area (Å²) in [6.45, 7) is 6.24. The van der Waals surface area contributed by atoms with Crippen LogP contribution in [0, 0.1) is 5.92 Å². The van der Waals surface area contributed by atoms with Crippen LogP contribution < -0.4 is 14.8 Å². The summed E-state index contributed by atoms with van der Waals surface area (Å²) in [5, 5.41) is 2.69. The lowest BCUT2D eigenvalue weighted by Gasteiger charge is -2.14. The molecule has 0 saturated carbocycles. The number of carbonyl (C=O) groups is 2. The molecule has 0 saturated heterocycles. The van der Waals surface area contributed by atoms with E-state index in [-0.39, 0.29) is 0 Å². The Labute approximate surface area is 159 Å². The smallest absolute Gasteiger partial charge is 0.338 e. The van der Waals surface area contributed by atoms with Crippen molar-refractivity contribution in [1.29, 1.82) is 0 Å². The Hall–Kier alpha value is -3.02. The lowest BCUT2D eigenvalue weighted by atomic mass is 10.2. The van der Waals surface area contributed by atoms with Gasteiger partial charge < -0.3 is 19.5 Å². The first-order chi connectivity index (χ1) is 12.9. The second-order valence-electron chi connectivity index (χ2n) is 6.50. The third kappa shape index (κ3) is 6.33. The van der Waals surface area contributed by atoms with Gasteiger partial charge in [0.15, 0.2) is 6.10 Å². The molecule has 0 unspecified atom stereocenters. The molecule has 0 fully saturated rings. The monoisotopic (exact) mass is 371 g/mol. The molecule has 6 heteroatoms. The van der Waals surface area contributed by atoms with E-state index in [1.165, 1.54) is 6.92 Å². The summed E-state index contributed by atoms with van der Waals surface area (Å²) >= 11 is 0. The number of ether oxygens (including phenoxy) is 3. The summed E-state index contributed by atoms with van der Waals surface area (Å²) in [6.07, 6.45) is -0.944. The van der Waals surface area contributed by atoms with Gasteiger partial charge in [0.2, 0.25) is 0 Å². The van der Waals surface area contributed by atoms with E-state index in [2.05, 4.69) is 19.2 Å². The van der Waals surface area contributed by atoms with Crippen molar-refractivity contribution in [2.45, 2.75) is 26.9 Å². The average Bonchev–Trinajstić information content (AvgIpc) is 2.66. The Bertz CT molecular complexity index is 770. The van der Waals surface area contributed by atoms with Gasteiger partial charge in [0.1, 0.15) is 11.5 Å². The molecule has 144 valence electrons. The van der Waals surface area contributed by atoms with E-state index in [9.17, 15) is 9.59 Å². The summed E-state index contributed by atoms with van der Waals surface area (Å²) in [7, 11) is 1.55. The summed E-state index contributed by atoms with van der Waals surface area (Å²) in [4.78, 5) is 24.5. The van der Waals surface area contributed by atoms with Crippen LogP contribution in [-0.4, -0.2) is 31.7 Å². The van der Waals surface area contributed by atoms with Gasteiger partial charge in [-0.1, -0.05) is 19.9 Å². The van der Waals surface area contributed by atoms with Crippen LogP contribution in [0.25, 0.3) is 0 Å². The number of esters is 1. The number of hydrogen-bond donors (Lipinski definition) is 1. The van der Waals surface area contributed by atoms with E-state index in [0.717, 1.165) is 0 Å². The molecule has 0 aromatic heterocycles. The molecule has 0 aliphatic carbocycles. The number of rotatable bonds is 8. The van der Waals surface area contributed by atoms with Crippen LogP contribution >= 0.6 is 0 Å². The number of carbonyl (C=O) groups excluding carboxylic acids is 2. The van der Waals surface area contributed by atoms with Crippen molar-refractivity contribution in [2.75, 3.05) is 19.0 Å². The van der Waals surface area contributed by atoms with Crippen molar-refractivity contribution in [3.05, 3.63) is 54.1 Å². The molecule has 2 rings (SSSR count). The molecule has 1 atom stereocenters. The molecule has 0 aliphatic rings. The van der Waals surface area contributed by atoms with Crippen LogP contribution in [0.3, 0.4) is 0 Å². The van der Waals surface area contributed by atoms with Gasteiger partial charge in [0.25, 0.3) is 5.91 Å². The van der Waals surface area contributed by atoms with Gasteiger partial charge in [0, 0.05) is 11.8 Å². The highest BCUT2D eigenvalue weighted by atomic mass is 16.5. The zero-order chi connectivity index (χ0) is 19.8. The molecular formula is C21H25NO5. The van der Waals surface area contributed by atoms with E-state index in [0.29, 0.717) is 35.3 Å². The highest BCUT2D eigenvalue weighted by Crippen LogP contribution is 2.18. The van der Waals surface area contributed by atoms with Crippen LogP contribution in [0.5, 0.6) is 11.5 Å². The third-order valence-corrected chi connectivity index (χ3v) is 3.66. The highest BCUT2D eigenvalue weighted by molar-refractivity contribution is 5.97. The van der Waals surface area contributed by atoms with E-state index < -0.39 is 18.0 Å². The number of methoxy groups -OCH3 is 1. The van der Waals surface area contributed by atoms with Crippen LogP contribution in [-0.2, 0) is 9.53 Å². The Kier molecular flexibility index (Phi) is 7.23. The molecule has 2 aromatic carbocycles. The predicted molar refractivity (Wildman–Crippen MR) is 103 cm³/mol. The molecule has 0 radical (unpaired) electrons. The lowest BCUT2D eigenvalue weighted by molar-refractivity contribution is -0.123. The van der Waals surface area contributed by atoms with Crippen molar-refractivity contribution in [2.24, 2.45) is 5.92 Å². The van der Waals surface area contributed by atoms with Gasteiger partial charge in [0.05, 0.1) is 19.3 Å². The SMILES string of the molecule is COc1cccc(NC(=O)[C@@H](C)OC(=O)c2ccc(OCC(C)C)cc2)c1. The highest BCUT2D eigenvalue weighted by Gasteiger charge is 2.19. The lowest BCUT2D eigenvalue weighted by Crippen LogP contribution is -2.30. The van der Waals surface area contributed by atoms with Gasteiger partial charge in [-0.05, 0) is 49.2 Å². The first kappa shape index (κ1) is 20.3. The second-order valence-corrected chi connectivity index (χ2v) is 6.50. The molecule has 1 amide bonds. The zero-order valence-corrected chi connectivity index (χ0v) is 16.0. The third-order valence-electron chi connectivity index (χ3n) is 3.66. The molecule has 1 N–H and O–H groups in total. The molecule has 2 aromatic rings.